The van der Waals surface area contributed by atoms with Crippen LogP contribution in [-0.2, 0) is 11.8 Å². The molecule has 5 nitrogen and oxygen atoms in total. The van der Waals surface area contributed by atoms with Crippen LogP contribution in [0, 0.1) is 11.7 Å². The zero-order valence-electron chi connectivity index (χ0n) is 10.4. The van der Waals surface area contributed by atoms with Crippen LogP contribution in [0.2, 0.25) is 0 Å². The Hall–Kier alpha value is -2.24. The molecule has 2 aromatic rings. The number of carbonyl (C=O) groups is 1. The molecule has 0 saturated heterocycles. The fourth-order valence-electron chi connectivity index (χ4n) is 2.16. The van der Waals surface area contributed by atoms with Gasteiger partial charge in [0.15, 0.2) is 0 Å². The number of nitrogens with one attached hydrogen (secondary N) is 1. The first-order chi connectivity index (χ1) is 9.15. The molecule has 6 heteroatoms. The van der Waals surface area contributed by atoms with Gasteiger partial charge in [-0.2, -0.15) is 0 Å². The van der Waals surface area contributed by atoms with Crippen LogP contribution in [0.25, 0.3) is 0 Å². The van der Waals surface area contributed by atoms with Crippen LogP contribution in [0.3, 0.4) is 0 Å². The molecule has 1 aliphatic rings. The van der Waals surface area contributed by atoms with Crippen molar-refractivity contribution in [2.45, 2.75) is 12.3 Å². The summed E-state index contributed by atoms with van der Waals surface area (Å²) in [6.07, 6.45) is 2.31. The van der Waals surface area contributed by atoms with Gasteiger partial charge in [0.1, 0.15) is 12.1 Å². The molecule has 1 fully saturated rings. The molecule has 1 saturated carbocycles. The number of amides is 1. The Morgan fingerprint density at radius 1 is 1.42 bits per heavy atom. The van der Waals surface area contributed by atoms with Gasteiger partial charge in [-0.3, -0.25) is 10.1 Å². The van der Waals surface area contributed by atoms with Gasteiger partial charge in [0.2, 0.25) is 11.9 Å². The summed E-state index contributed by atoms with van der Waals surface area (Å²) in [5.74, 6) is 0.223. The van der Waals surface area contributed by atoms with Gasteiger partial charge in [0.25, 0.3) is 0 Å². The van der Waals surface area contributed by atoms with Gasteiger partial charge in [-0.1, -0.05) is 12.1 Å². The lowest BCUT2D eigenvalue weighted by atomic mass is 10.1. The molecule has 1 amide bonds. The number of carbonyl (C=O) groups excluding carboxylic acids is 1. The highest BCUT2D eigenvalue weighted by Gasteiger charge is 2.44. The van der Waals surface area contributed by atoms with E-state index in [0.29, 0.717) is 5.95 Å². The van der Waals surface area contributed by atoms with Crippen molar-refractivity contribution in [1.29, 1.82) is 0 Å². The Labute approximate surface area is 109 Å². The van der Waals surface area contributed by atoms with Gasteiger partial charge in [-0.05, 0) is 30.0 Å². The number of benzene rings is 1. The number of nitrogens with zero attached hydrogens (tertiary/aromatic N) is 3. The highest BCUT2D eigenvalue weighted by atomic mass is 19.1. The second-order valence-corrected chi connectivity index (χ2v) is 4.75. The topological polar surface area (TPSA) is 59.8 Å². The minimum absolute atomic E-state index is 0.0644. The van der Waals surface area contributed by atoms with Crippen molar-refractivity contribution in [3.8, 4) is 0 Å². The maximum atomic E-state index is 12.8. The molecule has 1 aromatic heterocycles. The highest BCUT2D eigenvalue weighted by molar-refractivity contribution is 5.93. The van der Waals surface area contributed by atoms with E-state index in [1.807, 2.05) is 0 Å². The lowest BCUT2D eigenvalue weighted by molar-refractivity contribution is -0.117. The van der Waals surface area contributed by atoms with Gasteiger partial charge < -0.3 is 4.57 Å². The molecule has 1 aromatic carbocycles. The lowest BCUT2D eigenvalue weighted by Crippen LogP contribution is -2.17. The Morgan fingerprint density at radius 2 is 2.16 bits per heavy atom. The molecule has 2 atom stereocenters. The Morgan fingerprint density at radius 3 is 2.79 bits per heavy atom. The first-order valence-electron chi connectivity index (χ1n) is 6.05. The van der Waals surface area contributed by atoms with Crippen LogP contribution in [0.5, 0.6) is 0 Å². The molecule has 0 radical (unpaired) electrons. The SMILES string of the molecule is Cn1cnnc1NC(=O)[C@H]1C[C@@H]1c1ccc(F)cc1. The molecule has 1 aliphatic carbocycles. The van der Waals surface area contributed by atoms with Gasteiger partial charge in [0, 0.05) is 13.0 Å². The number of halogens is 1. The molecule has 98 valence electrons. The van der Waals surface area contributed by atoms with E-state index in [1.54, 1.807) is 23.7 Å². The second-order valence-electron chi connectivity index (χ2n) is 4.75. The maximum absolute atomic E-state index is 12.8. The predicted octanol–water partition coefficient (Wildman–Crippen LogP) is 1.70. The molecular formula is C13H13FN4O. The average molecular weight is 260 g/mol. The van der Waals surface area contributed by atoms with Gasteiger partial charge in [0.05, 0.1) is 0 Å². The molecule has 0 aliphatic heterocycles. The third-order valence-corrected chi connectivity index (χ3v) is 3.37. The Bertz CT molecular complexity index is 607. The largest absolute Gasteiger partial charge is 0.303 e. The van der Waals surface area contributed by atoms with E-state index < -0.39 is 0 Å². The van der Waals surface area contributed by atoms with Crippen molar-refractivity contribution in [2.75, 3.05) is 5.32 Å². The van der Waals surface area contributed by atoms with E-state index >= 15 is 0 Å². The Kier molecular flexibility index (Phi) is 2.77. The number of aryl methyl sites for hydroxylation is 1. The van der Waals surface area contributed by atoms with Crippen LogP contribution in [0.15, 0.2) is 30.6 Å². The van der Waals surface area contributed by atoms with Crippen molar-refractivity contribution in [3.05, 3.63) is 42.0 Å². The van der Waals surface area contributed by atoms with Crippen molar-refractivity contribution < 1.29 is 9.18 Å². The number of hydrogen-bond donors (Lipinski definition) is 1. The van der Waals surface area contributed by atoms with E-state index in [9.17, 15) is 9.18 Å². The van der Waals surface area contributed by atoms with Crippen LogP contribution in [0.4, 0.5) is 10.3 Å². The molecule has 1 N–H and O–H groups in total. The third-order valence-electron chi connectivity index (χ3n) is 3.37. The molecule has 1 heterocycles. The smallest absolute Gasteiger partial charge is 0.230 e. The standard InChI is InChI=1S/C13H13FN4O/c1-18-7-15-17-13(18)16-12(19)11-6-10(11)8-2-4-9(14)5-3-8/h2-5,7,10-11H,6H2,1H3,(H,16,17,19)/t10-,11+/m1/s1. The summed E-state index contributed by atoms with van der Waals surface area (Å²) < 4.78 is 14.5. The van der Waals surface area contributed by atoms with Gasteiger partial charge in [-0.25, -0.2) is 4.39 Å². The van der Waals surface area contributed by atoms with Crippen LogP contribution < -0.4 is 5.32 Å². The predicted molar refractivity (Wildman–Crippen MR) is 66.9 cm³/mol. The van der Waals surface area contributed by atoms with Crippen molar-refractivity contribution in [3.63, 3.8) is 0 Å². The lowest BCUT2D eigenvalue weighted by Gasteiger charge is -2.03. The van der Waals surface area contributed by atoms with Crippen LogP contribution in [-0.4, -0.2) is 20.7 Å². The molecule has 19 heavy (non-hydrogen) atoms. The highest BCUT2D eigenvalue weighted by Crippen LogP contribution is 2.47. The fourth-order valence-corrected chi connectivity index (χ4v) is 2.16. The zero-order chi connectivity index (χ0) is 13.4. The second kappa shape index (κ2) is 4.46. The number of rotatable bonds is 3. The Balaban J connectivity index is 1.65. The van der Waals surface area contributed by atoms with E-state index in [1.165, 1.54) is 18.5 Å². The molecule has 0 spiro atoms. The molecular weight excluding hydrogens is 247 g/mol. The first-order valence-corrected chi connectivity index (χ1v) is 6.05. The van der Waals surface area contributed by atoms with E-state index in [2.05, 4.69) is 15.5 Å². The summed E-state index contributed by atoms with van der Waals surface area (Å²) in [6.45, 7) is 0. The summed E-state index contributed by atoms with van der Waals surface area (Å²) in [5.41, 5.74) is 1.000. The zero-order valence-corrected chi connectivity index (χ0v) is 10.4. The monoisotopic (exact) mass is 260 g/mol. The normalized spacial score (nSPS) is 21.2. The summed E-state index contributed by atoms with van der Waals surface area (Å²) >= 11 is 0. The summed E-state index contributed by atoms with van der Waals surface area (Å²) in [7, 11) is 1.76. The van der Waals surface area contributed by atoms with E-state index in [-0.39, 0.29) is 23.6 Å². The first kappa shape index (κ1) is 11.8. The summed E-state index contributed by atoms with van der Waals surface area (Å²) in [6, 6.07) is 6.31. The van der Waals surface area contributed by atoms with Crippen molar-refractivity contribution in [2.24, 2.45) is 13.0 Å². The molecule has 0 unspecified atom stereocenters. The third kappa shape index (κ3) is 2.33. The summed E-state index contributed by atoms with van der Waals surface area (Å²) in [4.78, 5) is 12.0. The number of hydrogen-bond acceptors (Lipinski definition) is 3. The fraction of sp³-hybridized carbons (Fsp3) is 0.308. The van der Waals surface area contributed by atoms with E-state index in [4.69, 9.17) is 0 Å². The number of aromatic nitrogens is 3. The van der Waals surface area contributed by atoms with Crippen LogP contribution in [0.1, 0.15) is 17.9 Å². The van der Waals surface area contributed by atoms with Crippen LogP contribution >= 0.6 is 0 Å². The summed E-state index contributed by atoms with van der Waals surface area (Å²) in [5, 5.41) is 10.2. The average Bonchev–Trinajstić information content (AvgIpc) is 3.10. The molecule has 0 bridgehead atoms. The van der Waals surface area contributed by atoms with Crippen molar-refractivity contribution >= 4 is 11.9 Å². The van der Waals surface area contributed by atoms with Crippen molar-refractivity contribution in [1.82, 2.24) is 14.8 Å². The van der Waals surface area contributed by atoms with Gasteiger partial charge in [-0.15, -0.1) is 10.2 Å². The van der Waals surface area contributed by atoms with Gasteiger partial charge >= 0.3 is 0 Å². The quantitative estimate of drug-likeness (QED) is 0.913. The number of anilines is 1. The maximum Gasteiger partial charge on any atom is 0.230 e. The van der Waals surface area contributed by atoms with E-state index in [0.717, 1.165) is 12.0 Å². The minimum atomic E-state index is -0.260. The minimum Gasteiger partial charge on any atom is -0.303 e. The molecule has 3 rings (SSSR count).